The summed E-state index contributed by atoms with van der Waals surface area (Å²) in [6.45, 7) is 2.04. The van der Waals surface area contributed by atoms with Crippen molar-refractivity contribution in [3.63, 3.8) is 0 Å². The number of amides is 1. The minimum absolute atomic E-state index is 0.00515. The summed E-state index contributed by atoms with van der Waals surface area (Å²) >= 11 is 1.51. The first kappa shape index (κ1) is 21.8. The smallest absolute Gasteiger partial charge is 0.271 e. The van der Waals surface area contributed by atoms with Gasteiger partial charge in [0.2, 0.25) is 0 Å². The number of nitro groups is 1. The molecule has 0 saturated carbocycles. The molecule has 9 heteroatoms. The Balaban J connectivity index is 1.35. The molecule has 1 amide bonds. The van der Waals surface area contributed by atoms with Gasteiger partial charge in [-0.15, -0.1) is 11.3 Å². The van der Waals surface area contributed by atoms with Crippen molar-refractivity contribution in [2.75, 3.05) is 5.32 Å². The number of nitro benzene ring substituents is 1. The summed E-state index contributed by atoms with van der Waals surface area (Å²) < 4.78 is 0. The third kappa shape index (κ3) is 5.66. The van der Waals surface area contributed by atoms with Crippen LogP contribution in [0.15, 0.2) is 83.3 Å². The van der Waals surface area contributed by atoms with Crippen LogP contribution in [0.3, 0.4) is 0 Å². The monoisotopic (exact) mass is 457 g/mol. The highest BCUT2D eigenvalue weighted by atomic mass is 32.1. The van der Waals surface area contributed by atoms with Crippen LogP contribution in [-0.4, -0.2) is 22.0 Å². The van der Waals surface area contributed by atoms with Crippen LogP contribution in [0.1, 0.15) is 21.5 Å². The Labute approximate surface area is 193 Å². The lowest BCUT2D eigenvalue weighted by Crippen LogP contribution is -2.17. The second-order valence-corrected chi connectivity index (χ2v) is 8.01. The Morgan fingerprint density at radius 1 is 1.03 bits per heavy atom. The first-order chi connectivity index (χ1) is 16.0. The first-order valence-corrected chi connectivity index (χ1v) is 10.8. The normalized spacial score (nSPS) is 10.8. The van der Waals surface area contributed by atoms with E-state index in [-0.39, 0.29) is 11.6 Å². The quantitative estimate of drug-likeness (QED) is 0.215. The van der Waals surface area contributed by atoms with Gasteiger partial charge in [-0.2, -0.15) is 5.10 Å². The maximum atomic E-state index is 12.3. The maximum Gasteiger partial charge on any atom is 0.271 e. The van der Waals surface area contributed by atoms with Gasteiger partial charge in [0, 0.05) is 34.3 Å². The minimum Gasteiger partial charge on any atom is -0.332 e. The highest BCUT2D eigenvalue weighted by molar-refractivity contribution is 7.14. The number of aryl methyl sites for hydroxylation is 1. The van der Waals surface area contributed by atoms with Gasteiger partial charge in [0.05, 0.1) is 16.8 Å². The number of nitrogens with zero attached hydrogens (tertiary/aromatic N) is 3. The summed E-state index contributed by atoms with van der Waals surface area (Å²) in [6, 6.07) is 21.0. The van der Waals surface area contributed by atoms with Crippen molar-refractivity contribution in [1.29, 1.82) is 0 Å². The third-order valence-electron chi connectivity index (χ3n) is 4.73. The second kappa shape index (κ2) is 9.84. The van der Waals surface area contributed by atoms with E-state index >= 15 is 0 Å². The van der Waals surface area contributed by atoms with E-state index in [4.69, 9.17) is 0 Å². The molecule has 164 valence electrons. The third-order valence-corrected chi connectivity index (χ3v) is 5.49. The molecule has 1 aromatic heterocycles. The van der Waals surface area contributed by atoms with Crippen LogP contribution >= 0.6 is 11.3 Å². The molecule has 0 aliphatic heterocycles. The number of anilines is 2. The van der Waals surface area contributed by atoms with Crippen LogP contribution in [0.5, 0.6) is 0 Å². The van der Waals surface area contributed by atoms with Crippen molar-refractivity contribution in [2.24, 2.45) is 5.10 Å². The number of nitrogens with one attached hydrogen (secondary N) is 2. The zero-order valence-electron chi connectivity index (χ0n) is 17.6. The van der Waals surface area contributed by atoms with Crippen LogP contribution in [0.2, 0.25) is 0 Å². The number of hydrazone groups is 1. The van der Waals surface area contributed by atoms with E-state index in [2.05, 4.69) is 20.8 Å². The molecule has 3 aromatic carbocycles. The highest BCUT2D eigenvalue weighted by Gasteiger charge is 2.08. The van der Waals surface area contributed by atoms with Gasteiger partial charge in [0.1, 0.15) is 0 Å². The van der Waals surface area contributed by atoms with E-state index in [1.54, 1.807) is 24.3 Å². The van der Waals surface area contributed by atoms with Gasteiger partial charge in [-0.3, -0.25) is 14.9 Å². The van der Waals surface area contributed by atoms with Crippen LogP contribution in [0.25, 0.3) is 11.3 Å². The number of non-ortho nitro benzene ring substituents is 1. The van der Waals surface area contributed by atoms with Crippen molar-refractivity contribution in [1.82, 2.24) is 10.4 Å². The van der Waals surface area contributed by atoms with Gasteiger partial charge in [-0.1, -0.05) is 29.8 Å². The molecule has 0 aliphatic rings. The van der Waals surface area contributed by atoms with Crippen LogP contribution in [0.4, 0.5) is 16.5 Å². The average Bonchev–Trinajstić information content (AvgIpc) is 3.29. The summed E-state index contributed by atoms with van der Waals surface area (Å²) in [6.07, 6.45) is 1.42. The van der Waals surface area contributed by atoms with Crippen molar-refractivity contribution in [2.45, 2.75) is 6.92 Å². The zero-order chi connectivity index (χ0) is 23.2. The van der Waals surface area contributed by atoms with Gasteiger partial charge in [-0.25, -0.2) is 10.4 Å². The van der Waals surface area contributed by atoms with Crippen LogP contribution in [-0.2, 0) is 0 Å². The first-order valence-electron chi connectivity index (χ1n) is 9.95. The maximum absolute atomic E-state index is 12.3. The summed E-state index contributed by atoms with van der Waals surface area (Å²) in [5, 5.41) is 20.6. The SMILES string of the molecule is Cc1ccc(Nc2nc(-c3ccc(C(=O)N/N=C\c4ccc([N+](=O)[O-])cc4)cc3)cs2)cc1. The van der Waals surface area contributed by atoms with Gasteiger partial charge in [-0.05, 0) is 48.9 Å². The minimum atomic E-state index is -0.473. The molecule has 4 aromatic rings. The lowest BCUT2D eigenvalue weighted by Gasteiger charge is -2.03. The number of aromatic nitrogens is 1. The Morgan fingerprint density at radius 3 is 2.39 bits per heavy atom. The van der Waals surface area contributed by atoms with E-state index in [9.17, 15) is 14.9 Å². The molecule has 0 fully saturated rings. The molecule has 0 bridgehead atoms. The van der Waals surface area contributed by atoms with Gasteiger partial charge >= 0.3 is 0 Å². The average molecular weight is 458 g/mol. The van der Waals surface area contributed by atoms with Crippen molar-refractivity contribution in [3.8, 4) is 11.3 Å². The summed E-state index contributed by atoms with van der Waals surface area (Å²) in [7, 11) is 0. The zero-order valence-corrected chi connectivity index (χ0v) is 18.4. The number of benzene rings is 3. The topological polar surface area (TPSA) is 110 Å². The number of thiazole rings is 1. The fourth-order valence-electron chi connectivity index (χ4n) is 2.93. The fraction of sp³-hybridized carbons (Fsp3) is 0.0417. The molecule has 0 saturated heterocycles. The molecule has 0 aliphatic carbocycles. The van der Waals surface area contributed by atoms with Crippen molar-refractivity contribution in [3.05, 3.63) is 105 Å². The molecule has 0 radical (unpaired) electrons. The summed E-state index contributed by atoms with van der Waals surface area (Å²) in [4.78, 5) is 27.1. The molecule has 4 rings (SSSR count). The van der Waals surface area contributed by atoms with E-state index in [1.807, 2.05) is 48.7 Å². The summed E-state index contributed by atoms with van der Waals surface area (Å²) in [5.41, 5.74) is 7.42. The molecule has 0 atom stereocenters. The Bertz CT molecular complexity index is 1300. The van der Waals surface area contributed by atoms with Crippen LogP contribution < -0.4 is 10.7 Å². The molecular formula is C24H19N5O3S. The van der Waals surface area contributed by atoms with Crippen molar-refractivity contribution >= 4 is 40.0 Å². The second-order valence-electron chi connectivity index (χ2n) is 7.15. The highest BCUT2D eigenvalue weighted by Crippen LogP contribution is 2.27. The van der Waals surface area contributed by atoms with Gasteiger partial charge in [0.25, 0.3) is 11.6 Å². The number of hydrogen-bond donors (Lipinski definition) is 2. The molecule has 0 unspecified atom stereocenters. The molecule has 2 N–H and O–H groups in total. The lowest BCUT2D eigenvalue weighted by atomic mass is 10.1. The van der Waals surface area contributed by atoms with Crippen molar-refractivity contribution < 1.29 is 9.72 Å². The fourth-order valence-corrected chi connectivity index (χ4v) is 3.67. The molecule has 8 nitrogen and oxygen atoms in total. The van der Waals surface area contributed by atoms with Gasteiger partial charge in [0.15, 0.2) is 5.13 Å². The van der Waals surface area contributed by atoms with E-state index in [0.29, 0.717) is 11.1 Å². The molecule has 1 heterocycles. The van der Waals surface area contributed by atoms with Crippen LogP contribution in [0, 0.1) is 17.0 Å². The number of carbonyl (C=O) groups excluding carboxylic acids is 1. The predicted molar refractivity (Wildman–Crippen MR) is 130 cm³/mol. The predicted octanol–water partition coefficient (Wildman–Crippen LogP) is 5.53. The largest absolute Gasteiger partial charge is 0.332 e. The van der Waals surface area contributed by atoms with E-state index < -0.39 is 4.92 Å². The summed E-state index contributed by atoms with van der Waals surface area (Å²) in [5.74, 6) is -0.361. The standard InChI is InChI=1S/C24H19N5O3S/c1-16-2-10-20(11-3-16)26-24-27-22(15-33-24)18-6-8-19(9-7-18)23(30)28-25-14-17-4-12-21(13-5-17)29(31)32/h2-15H,1H3,(H,26,27)(H,28,30)/b25-14-. The van der Waals surface area contributed by atoms with E-state index in [1.165, 1.54) is 35.2 Å². The Hall–Kier alpha value is -4.37. The number of rotatable bonds is 7. The lowest BCUT2D eigenvalue weighted by molar-refractivity contribution is -0.384. The number of hydrogen-bond acceptors (Lipinski definition) is 7. The molecule has 0 spiro atoms. The number of carbonyl (C=O) groups is 1. The Kier molecular flexibility index (Phi) is 6.51. The Morgan fingerprint density at radius 2 is 1.73 bits per heavy atom. The molecular weight excluding hydrogens is 438 g/mol. The molecule has 33 heavy (non-hydrogen) atoms. The van der Waals surface area contributed by atoms with E-state index in [0.717, 1.165) is 22.1 Å². The van der Waals surface area contributed by atoms with Gasteiger partial charge < -0.3 is 5.32 Å².